The lowest BCUT2D eigenvalue weighted by atomic mass is 9.97. The smallest absolute Gasteiger partial charge is 0.276 e. The topological polar surface area (TPSA) is 69.5 Å². The van der Waals surface area contributed by atoms with Crippen LogP contribution in [0.25, 0.3) is 0 Å². The zero-order valence-corrected chi connectivity index (χ0v) is 15.8. The monoisotopic (exact) mass is 361 g/mol. The second kappa shape index (κ2) is 8.02. The Morgan fingerprint density at radius 1 is 1.19 bits per heavy atom. The zero-order valence-electron chi connectivity index (χ0n) is 15.8. The van der Waals surface area contributed by atoms with Gasteiger partial charge in [-0.3, -0.25) is 19.3 Å². The van der Waals surface area contributed by atoms with Gasteiger partial charge in [-0.05, 0) is 26.3 Å². The Bertz CT molecular complexity index is 606. The zero-order chi connectivity index (χ0) is 17.9. The number of nitrogens with one attached hydrogen (secondary N) is 1. The fraction of sp³-hybridized carbons (Fsp3) is 0.833. The number of piperidine rings is 1. The Morgan fingerprint density at radius 2 is 2.00 bits per heavy atom. The molecule has 26 heavy (non-hydrogen) atoms. The maximum Gasteiger partial charge on any atom is 0.276 e. The highest BCUT2D eigenvalue weighted by Gasteiger charge is 2.38. The summed E-state index contributed by atoms with van der Waals surface area (Å²) in [6.07, 6.45) is 5.72. The molecule has 3 saturated heterocycles. The summed E-state index contributed by atoms with van der Waals surface area (Å²) in [5.74, 6) is 0.0272. The van der Waals surface area contributed by atoms with Crippen molar-refractivity contribution in [2.45, 2.75) is 44.8 Å². The number of amides is 1. The molecule has 0 bridgehead atoms. The van der Waals surface area contributed by atoms with Crippen LogP contribution in [-0.2, 0) is 6.54 Å². The van der Waals surface area contributed by atoms with E-state index in [1.54, 1.807) is 10.9 Å². The maximum absolute atomic E-state index is 12.6. The van der Waals surface area contributed by atoms with Gasteiger partial charge in [0.15, 0.2) is 5.69 Å². The number of aromatic nitrogens is 3. The van der Waals surface area contributed by atoms with Crippen molar-refractivity contribution in [1.82, 2.24) is 35.0 Å². The lowest BCUT2D eigenvalue weighted by molar-refractivity contribution is 0.00180. The molecule has 3 aliphatic heterocycles. The highest BCUT2D eigenvalue weighted by Crippen LogP contribution is 2.25. The van der Waals surface area contributed by atoms with Crippen molar-refractivity contribution in [2.75, 3.05) is 52.4 Å². The molecular weight excluding hydrogens is 330 g/mol. The molecule has 1 aromatic rings. The van der Waals surface area contributed by atoms with Gasteiger partial charge in [0.25, 0.3) is 5.91 Å². The Kier molecular flexibility index (Phi) is 5.52. The predicted octanol–water partition coefficient (Wildman–Crippen LogP) is -0.118. The largest absolute Gasteiger partial charge is 0.334 e. The van der Waals surface area contributed by atoms with E-state index in [1.165, 1.54) is 25.8 Å². The van der Waals surface area contributed by atoms with Gasteiger partial charge in [-0.2, -0.15) is 0 Å². The molecule has 0 spiro atoms. The van der Waals surface area contributed by atoms with Crippen molar-refractivity contribution in [3.63, 3.8) is 0 Å². The number of nitrogens with zero attached hydrogens (tertiary/aromatic N) is 6. The number of hydrogen-bond donors (Lipinski definition) is 1. The van der Waals surface area contributed by atoms with Crippen molar-refractivity contribution in [2.24, 2.45) is 0 Å². The normalized spacial score (nSPS) is 26.0. The third-order valence-electron chi connectivity index (χ3n) is 6.09. The molecule has 8 heteroatoms. The van der Waals surface area contributed by atoms with Crippen molar-refractivity contribution in [3.8, 4) is 0 Å². The fourth-order valence-corrected chi connectivity index (χ4v) is 4.34. The van der Waals surface area contributed by atoms with Gasteiger partial charge >= 0.3 is 0 Å². The molecule has 3 fully saturated rings. The van der Waals surface area contributed by atoms with Gasteiger partial charge in [0.05, 0.1) is 12.7 Å². The molecule has 0 unspecified atom stereocenters. The van der Waals surface area contributed by atoms with E-state index in [4.69, 9.17) is 0 Å². The minimum Gasteiger partial charge on any atom is -0.334 e. The number of carbonyl (C=O) groups is 1. The molecule has 3 aliphatic rings. The molecule has 4 heterocycles. The minimum atomic E-state index is 0.0272. The minimum absolute atomic E-state index is 0.0272. The van der Waals surface area contributed by atoms with Gasteiger partial charge in [0, 0.05) is 57.9 Å². The van der Waals surface area contributed by atoms with Gasteiger partial charge in [0.2, 0.25) is 0 Å². The average Bonchev–Trinajstić information content (AvgIpc) is 3.10. The summed E-state index contributed by atoms with van der Waals surface area (Å²) in [6, 6.07) is 1.17. The van der Waals surface area contributed by atoms with Gasteiger partial charge in [0.1, 0.15) is 0 Å². The lowest BCUT2D eigenvalue weighted by Gasteiger charge is -2.49. The maximum atomic E-state index is 12.6. The number of rotatable bonds is 5. The predicted molar refractivity (Wildman–Crippen MR) is 99.0 cm³/mol. The first-order chi connectivity index (χ1) is 12.7. The molecule has 1 N–H and O–H groups in total. The lowest BCUT2D eigenvalue weighted by Crippen LogP contribution is -2.63. The van der Waals surface area contributed by atoms with Gasteiger partial charge in [-0.15, -0.1) is 5.10 Å². The first-order valence-electron chi connectivity index (χ1n) is 10.1. The highest BCUT2D eigenvalue weighted by atomic mass is 16.2. The Labute approximate surface area is 155 Å². The van der Waals surface area contributed by atoms with Gasteiger partial charge < -0.3 is 10.2 Å². The van der Waals surface area contributed by atoms with E-state index in [2.05, 4.69) is 32.4 Å². The molecule has 0 aliphatic carbocycles. The fourth-order valence-electron chi connectivity index (χ4n) is 4.34. The molecule has 0 radical (unpaired) electrons. The van der Waals surface area contributed by atoms with Crippen LogP contribution < -0.4 is 5.32 Å². The van der Waals surface area contributed by atoms with Crippen LogP contribution in [0.2, 0.25) is 0 Å². The Morgan fingerprint density at radius 3 is 2.77 bits per heavy atom. The van der Waals surface area contributed by atoms with E-state index in [0.717, 1.165) is 52.4 Å². The SMILES string of the molecule is C[C@@H]1CCCCN1C1CN(C(=O)c2cn(CCN3CCNCC3)nn2)C1. The summed E-state index contributed by atoms with van der Waals surface area (Å²) >= 11 is 0. The molecule has 0 saturated carbocycles. The number of likely N-dealkylation sites (tertiary alicyclic amines) is 2. The van der Waals surface area contributed by atoms with Gasteiger partial charge in [-0.1, -0.05) is 11.6 Å². The number of carbonyl (C=O) groups excluding carboxylic acids is 1. The summed E-state index contributed by atoms with van der Waals surface area (Å²) < 4.78 is 1.80. The Balaban J connectivity index is 1.25. The summed E-state index contributed by atoms with van der Waals surface area (Å²) in [5.41, 5.74) is 0.482. The molecule has 8 nitrogen and oxygen atoms in total. The molecule has 1 amide bonds. The van der Waals surface area contributed by atoms with Crippen molar-refractivity contribution in [3.05, 3.63) is 11.9 Å². The van der Waals surface area contributed by atoms with E-state index >= 15 is 0 Å². The molecule has 4 rings (SSSR count). The molecule has 1 atom stereocenters. The second-order valence-corrected chi connectivity index (χ2v) is 7.91. The third-order valence-corrected chi connectivity index (χ3v) is 6.09. The second-order valence-electron chi connectivity index (χ2n) is 7.91. The van der Waals surface area contributed by atoms with Crippen LogP contribution in [0.15, 0.2) is 6.20 Å². The highest BCUT2D eigenvalue weighted by molar-refractivity contribution is 5.92. The summed E-state index contributed by atoms with van der Waals surface area (Å²) in [4.78, 5) is 19.5. The molecular formula is C18H31N7O. The first-order valence-corrected chi connectivity index (χ1v) is 10.1. The average molecular weight is 361 g/mol. The first kappa shape index (κ1) is 17.9. The van der Waals surface area contributed by atoms with Crippen molar-refractivity contribution >= 4 is 5.91 Å². The van der Waals surface area contributed by atoms with Crippen LogP contribution in [-0.4, -0.2) is 100 Å². The molecule has 144 valence electrons. The van der Waals surface area contributed by atoms with E-state index in [-0.39, 0.29) is 5.91 Å². The van der Waals surface area contributed by atoms with Crippen LogP contribution in [0.3, 0.4) is 0 Å². The molecule has 0 aromatic carbocycles. The number of hydrogen-bond acceptors (Lipinski definition) is 6. The Hall–Kier alpha value is -1.51. The standard InChI is InChI=1S/C18H31N7O/c1-15-4-2-3-7-25(15)16-12-23(13-16)18(26)17-14-24(21-20-17)11-10-22-8-5-19-6-9-22/h14-16,19H,2-13H2,1H3/t15-/m1/s1. The summed E-state index contributed by atoms with van der Waals surface area (Å²) in [5, 5.41) is 11.6. The molecule has 1 aromatic heterocycles. The summed E-state index contributed by atoms with van der Waals surface area (Å²) in [7, 11) is 0. The van der Waals surface area contributed by atoms with Crippen LogP contribution in [0.4, 0.5) is 0 Å². The van der Waals surface area contributed by atoms with Crippen molar-refractivity contribution in [1.29, 1.82) is 0 Å². The van der Waals surface area contributed by atoms with Crippen LogP contribution in [0.1, 0.15) is 36.7 Å². The van der Waals surface area contributed by atoms with E-state index in [0.29, 0.717) is 17.8 Å². The van der Waals surface area contributed by atoms with Crippen molar-refractivity contribution < 1.29 is 4.79 Å². The summed E-state index contributed by atoms with van der Waals surface area (Å²) in [6.45, 7) is 11.1. The number of piperazine rings is 1. The quantitative estimate of drug-likeness (QED) is 0.789. The third kappa shape index (κ3) is 3.92. The van der Waals surface area contributed by atoms with E-state index < -0.39 is 0 Å². The van der Waals surface area contributed by atoms with Crippen LogP contribution in [0, 0.1) is 0 Å². The van der Waals surface area contributed by atoms with Gasteiger partial charge in [-0.25, -0.2) is 0 Å². The van der Waals surface area contributed by atoms with Crippen LogP contribution in [0.5, 0.6) is 0 Å². The van der Waals surface area contributed by atoms with E-state index in [1.807, 2.05) is 4.90 Å². The van der Waals surface area contributed by atoms with E-state index in [9.17, 15) is 4.79 Å². The van der Waals surface area contributed by atoms with Crippen LogP contribution >= 0.6 is 0 Å².